The molecule has 5 heteroatoms. The third-order valence-corrected chi connectivity index (χ3v) is 3.27. The fraction of sp³-hybridized carbons (Fsp3) is 0.917. The average Bonchev–Trinajstić information content (AvgIpc) is 2.36. The number of halogens is 1. The second kappa shape index (κ2) is 8.59. The van der Waals surface area contributed by atoms with Crippen molar-refractivity contribution in [2.75, 3.05) is 45.2 Å². The summed E-state index contributed by atoms with van der Waals surface area (Å²) < 4.78 is 4.98. The molecule has 0 unspecified atom stereocenters. The number of carbonyl (C=O) groups excluding carboxylic acids is 1. The normalized spacial score (nSPS) is 17.2. The molecular weight excluding hydrogens is 240 g/mol. The van der Waals surface area contributed by atoms with Crippen molar-refractivity contribution in [2.24, 2.45) is 0 Å². The highest BCUT2D eigenvalue weighted by molar-refractivity contribution is 6.17. The van der Waals surface area contributed by atoms with Crippen LogP contribution in [0.3, 0.4) is 0 Å². The number of rotatable bonds is 6. The molecule has 1 heterocycles. The Bertz CT molecular complexity index is 219. The maximum Gasteiger partial charge on any atom is 0.409 e. The molecule has 0 radical (unpaired) electrons. The molecule has 1 rings (SSSR count). The molecule has 1 aliphatic heterocycles. The summed E-state index contributed by atoms with van der Waals surface area (Å²) in [5.41, 5.74) is 0. The number of unbranched alkanes of at least 4 members (excludes halogenated alkanes) is 2. The van der Waals surface area contributed by atoms with Crippen molar-refractivity contribution in [2.45, 2.75) is 26.2 Å². The minimum absolute atomic E-state index is 0.172. The first-order valence-electron chi connectivity index (χ1n) is 6.48. The zero-order valence-corrected chi connectivity index (χ0v) is 11.4. The van der Waals surface area contributed by atoms with Gasteiger partial charge in [0.2, 0.25) is 0 Å². The van der Waals surface area contributed by atoms with Gasteiger partial charge >= 0.3 is 6.09 Å². The first-order chi connectivity index (χ1) is 8.27. The maximum atomic E-state index is 11.5. The lowest BCUT2D eigenvalue weighted by molar-refractivity contribution is 0.0792. The fourth-order valence-electron chi connectivity index (χ4n) is 1.98. The number of carbonyl (C=O) groups is 1. The van der Waals surface area contributed by atoms with E-state index in [1.54, 1.807) is 4.90 Å². The minimum atomic E-state index is -0.172. The van der Waals surface area contributed by atoms with E-state index in [-0.39, 0.29) is 6.09 Å². The van der Waals surface area contributed by atoms with Gasteiger partial charge in [-0.2, -0.15) is 0 Å². The van der Waals surface area contributed by atoms with Crippen molar-refractivity contribution in [1.29, 1.82) is 0 Å². The molecule has 1 amide bonds. The van der Waals surface area contributed by atoms with Gasteiger partial charge in [0.25, 0.3) is 0 Å². The van der Waals surface area contributed by atoms with Crippen LogP contribution in [0.15, 0.2) is 0 Å². The summed E-state index contributed by atoms with van der Waals surface area (Å²) in [5, 5.41) is 0. The Balaban J connectivity index is 2.11. The highest BCUT2D eigenvalue weighted by atomic mass is 35.5. The third-order valence-electron chi connectivity index (χ3n) is 3.01. The molecule has 0 saturated carbocycles. The second-order valence-corrected chi connectivity index (χ2v) is 4.66. The predicted octanol–water partition coefficient (Wildman–Crippen LogP) is 2.17. The topological polar surface area (TPSA) is 32.8 Å². The van der Waals surface area contributed by atoms with Crippen LogP contribution in [0.2, 0.25) is 0 Å². The molecule has 100 valence electrons. The summed E-state index contributed by atoms with van der Waals surface area (Å²) in [6, 6.07) is 0. The Morgan fingerprint density at radius 2 is 1.88 bits per heavy atom. The van der Waals surface area contributed by atoms with Crippen molar-refractivity contribution in [3.05, 3.63) is 0 Å². The quantitative estimate of drug-likeness (QED) is 0.543. The summed E-state index contributed by atoms with van der Waals surface area (Å²) in [4.78, 5) is 15.7. The van der Waals surface area contributed by atoms with Gasteiger partial charge in [0.05, 0.1) is 6.61 Å². The molecule has 17 heavy (non-hydrogen) atoms. The number of ether oxygens (including phenoxy) is 1. The monoisotopic (exact) mass is 262 g/mol. The second-order valence-electron chi connectivity index (χ2n) is 4.28. The van der Waals surface area contributed by atoms with Crippen LogP contribution in [0.4, 0.5) is 4.79 Å². The van der Waals surface area contributed by atoms with Gasteiger partial charge in [-0.25, -0.2) is 4.79 Å². The Morgan fingerprint density at radius 1 is 1.18 bits per heavy atom. The summed E-state index contributed by atoms with van der Waals surface area (Å²) >= 11 is 5.64. The fourth-order valence-corrected chi connectivity index (χ4v) is 2.16. The van der Waals surface area contributed by atoms with Crippen molar-refractivity contribution < 1.29 is 9.53 Å². The van der Waals surface area contributed by atoms with Crippen LogP contribution in [-0.4, -0.2) is 61.1 Å². The minimum Gasteiger partial charge on any atom is -0.450 e. The zero-order valence-electron chi connectivity index (χ0n) is 10.7. The Morgan fingerprint density at radius 3 is 2.47 bits per heavy atom. The lowest BCUT2D eigenvalue weighted by Gasteiger charge is -2.33. The van der Waals surface area contributed by atoms with Crippen LogP contribution in [0.1, 0.15) is 26.2 Å². The van der Waals surface area contributed by atoms with Crippen molar-refractivity contribution in [3.63, 3.8) is 0 Å². The Kier molecular flexibility index (Phi) is 7.37. The molecule has 0 spiro atoms. The van der Waals surface area contributed by atoms with Gasteiger partial charge in [0.15, 0.2) is 0 Å². The van der Waals surface area contributed by atoms with Crippen LogP contribution in [0.5, 0.6) is 0 Å². The smallest absolute Gasteiger partial charge is 0.409 e. The van der Waals surface area contributed by atoms with Gasteiger partial charge in [-0.3, -0.25) is 4.90 Å². The highest BCUT2D eigenvalue weighted by Gasteiger charge is 2.21. The first-order valence-corrected chi connectivity index (χ1v) is 7.01. The maximum absolute atomic E-state index is 11.5. The standard InChI is InChI=1S/C12H23ClN2O2/c1-2-17-12(16)15-10-8-14(9-11-15)7-5-3-4-6-13/h2-11H2,1H3. The van der Waals surface area contributed by atoms with Crippen LogP contribution >= 0.6 is 11.6 Å². The van der Waals surface area contributed by atoms with E-state index in [0.717, 1.165) is 45.0 Å². The van der Waals surface area contributed by atoms with E-state index >= 15 is 0 Å². The molecule has 0 aliphatic carbocycles. The van der Waals surface area contributed by atoms with Gasteiger partial charge in [-0.1, -0.05) is 6.42 Å². The molecule has 0 aromatic heterocycles. The molecular formula is C12H23ClN2O2. The number of amides is 1. The first kappa shape index (κ1) is 14.6. The van der Waals surface area contributed by atoms with Gasteiger partial charge in [0.1, 0.15) is 0 Å². The van der Waals surface area contributed by atoms with Crippen LogP contribution < -0.4 is 0 Å². The van der Waals surface area contributed by atoms with E-state index in [2.05, 4.69) is 4.90 Å². The summed E-state index contributed by atoms with van der Waals surface area (Å²) in [5.74, 6) is 0.761. The molecule has 0 aromatic carbocycles. The van der Waals surface area contributed by atoms with Crippen LogP contribution in [-0.2, 0) is 4.74 Å². The van der Waals surface area contributed by atoms with Gasteiger partial charge in [-0.15, -0.1) is 11.6 Å². The van der Waals surface area contributed by atoms with E-state index in [4.69, 9.17) is 16.3 Å². The van der Waals surface area contributed by atoms with Crippen molar-refractivity contribution in [3.8, 4) is 0 Å². The SMILES string of the molecule is CCOC(=O)N1CCN(CCCCCCl)CC1. The molecule has 4 nitrogen and oxygen atoms in total. The third kappa shape index (κ3) is 5.59. The highest BCUT2D eigenvalue weighted by Crippen LogP contribution is 2.06. The number of piperazine rings is 1. The molecule has 0 N–H and O–H groups in total. The van der Waals surface area contributed by atoms with Gasteiger partial charge < -0.3 is 9.64 Å². The predicted molar refractivity (Wildman–Crippen MR) is 69.6 cm³/mol. The lowest BCUT2D eigenvalue weighted by Crippen LogP contribution is -2.49. The zero-order chi connectivity index (χ0) is 12.5. The van der Waals surface area contributed by atoms with E-state index in [0.29, 0.717) is 6.61 Å². The largest absolute Gasteiger partial charge is 0.450 e. The summed E-state index contributed by atoms with van der Waals surface area (Å²) in [6.07, 6.45) is 3.33. The van der Waals surface area contributed by atoms with Crippen molar-refractivity contribution in [1.82, 2.24) is 9.80 Å². The molecule has 1 fully saturated rings. The van der Waals surface area contributed by atoms with E-state index in [1.165, 1.54) is 12.8 Å². The van der Waals surface area contributed by atoms with E-state index in [9.17, 15) is 4.79 Å². The van der Waals surface area contributed by atoms with Crippen LogP contribution in [0, 0.1) is 0 Å². The Hall–Kier alpha value is -0.480. The molecule has 1 saturated heterocycles. The molecule has 0 atom stereocenters. The summed E-state index contributed by atoms with van der Waals surface area (Å²) in [6.45, 7) is 6.90. The molecule has 1 aliphatic rings. The van der Waals surface area contributed by atoms with E-state index < -0.39 is 0 Å². The number of hydrogen-bond donors (Lipinski definition) is 0. The average molecular weight is 263 g/mol. The number of alkyl halides is 1. The molecule has 0 aromatic rings. The molecule has 0 bridgehead atoms. The van der Waals surface area contributed by atoms with Gasteiger partial charge in [0, 0.05) is 32.1 Å². The summed E-state index contributed by atoms with van der Waals surface area (Å²) in [7, 11) is 0. The Labute approximate surface area is 109 Å². The van der Waals surface area contributed by atoms with Crippen molar-refractivity contribution >= 4 is 17.7 Å². The van der Waals surface area contributed by atoms with Gasteiger partial charge in [-0.05, 0) is 26.3 Å². The van der Waals surface area contributed by atoms with Crippen LogP contribution in [0.25, 0.3) is 0 Å². The number of hydrogen-bond acceptors (Lipinski definition) is 3. The number of nitrogens with zero attached hydrogens (tertiary/aromatic N) is 2. The van der Waals surface area contributed by atoms with E-state index in [1.807, 2.05) is 6.92 Å². The lowest BCUT2D eigenvalue weighted by atomic mass is 10.2.